The third kappa shape index (κ3) is 1.79. The van der Waals surface area contributed by atoms with E-state index < -0.39 is 0 Å². The van der Waals surface area contributed by atoms with Gasteiger partial charge < -0.3 is 14.5 Å². The van der Waals surface area contributed by atoms with E-state index in [0.717, 1.165) is 28.3 Å². The minimum atomic E-state index is -0.0798. The minimum absolute atomic E-state index is 0.0798. The van der Waals surface area contributed by atoms with E-state index in [1.54, 1.807) is 23.9 Å². The number of thioether (sulfide) groups is 1. The molecule has 0 saturated heterocycles. The molecule has 7 heteroatoms. The number of fused-ring (bicyclic) bond motifs is 2. The van der Waals surface area contributed by atoms with E-state index in [1.165, 1.54) is 0 Å². The zero-order valence-corrected chi connectivity index (χ0v) is 11.8. The highest BCUT2D eigenvalue weighted by molar-refractivity contribution is 7.98. The van der Waals surface area contributed by atoms with E-state index in [-0.39, 0.29) is 12.4 Å². The average Bonchev–Trinajstić information content (AvgIpc) is 3.06. The summed E-state index contributed by atoms with van der Waals surface area (Å²) >= 11 is 7.84. The van der Waals surface area contributed by atoms with Crippen molar-refractivity contribution in [3.63, 3.8) is 0 Å². The molecule has 0 saturated carbocycles. The first-order chi connectivity index (χ1) is 9.72. The Balaban J connectivity index is 1.88. The Labute approximate surface area is 123 Å². The Bertz CT molecular complexity index is 775. The SMILES string of the molecule is O=c1[nH]c(-c2cc(Cl)c3c(c2)OCO3)nc2c1CSC2. The largest absolute Gasteiger partial charge is 0.454 e. The van der Waals surface area contributed by atoms with Crippen LogP contribution in [0.4, 0.5) is 0 Å². The molecule has 0 atom stereocenters. The molecule has 0 amide bonds. The number of ether oxygens (including phenoxy) is 2. The Hall–Kier alpha value is -1.66. The molecular weight excluding hydrogens is 300 g/mol. The number of nitrogens with zero attached hydrogens (tertiary/aromatic N) is 1. The van der Waals surface area contributed by atoms with Gasteiger partial charge in [-0.2, -0.15) is 11.8 Å². The molecule has 0 spiro atoms. The van der Waals surface area contributed by atoms with Crippen LogP contribution in [0.5, 0.6) is 11.5 Å². The second-order valence-electron chi connectivity index (χ2n) is 4.52. The zero-order chi connectivity index (χ0) is 13.7. The van der Waals surface area contributed by atoms with Gasteiger partial charge in [0.05, 0.1) is 10.7 Å². The Morgan fingerprint density at radius 3 is 3.10 bits per heavy atom. The van der Waals surface area contributed by atoms with Gasteiger partial charge in [0.15, 0.2) is 11.5 Å². The standard InChI is InChI=1S/C13H9ClN2O3S/c14-8-1-6(2-10-11(8)19-5-18-10)12-15-9-4-20-3-7(9)13(17)16-12/h1-2H,3-5H2,(H,15,16,17). The van der Waals surface area contributed by atoms with Crippen LogP contribution in [0.15, 0.2) is 16.9 Å². The van der Waals surface area contributed by atoms with Crippen molar-refractivity contribution in [3.8, 4) is 22.9 Å². The highest BCUT2D eigenvalue weighted by Crippen LogP contribution is 2.41. The predicted molar refractivity (Wildman–Crippen MR) is 76.4 cm³/mol. The molecule has 2 aliphatic rings. The van der Waals surface area contributed by atoms with Crippen LogP contribution in [0.1, 0.15) is 11.3 Å². The topological polar surface area (TPSA) is 64.2 Å². The lowest BCUT2D eigenvalue weighted by Gasteiger charge is -2.06. The van der Waals surface area contributed by atoms with E-state index in [0.29, 0.717) is 22.3 Å². The van der Waals surface area contributed by atoms with Gasteiger partial charge in [-0.25, -0.2) is 4.98 Å². The quantitative estimate of drug-likeness (QED) is 0.877. The van der Waals surface area contributed by atoms with Gasteiger partial charge >= 0.3 is 0 Å². The van der Waals surface area contributed by atoms with E-state index in [2.05, 4.69) is 9.97 Å². The molecule has 20 heavy (non-hydrogen) atoms. The second-order valence-corrected chi connectivity index (χ2v) is 5.92. The van der Waals surface area contributed by atoms with Crippen molar-refractivity contribution in [1.29, 1.82) is 0 Å². The zero-order valence-electron chi connectivity index (χ0n) is 10.2. The Morgan fingerprint density at radius 2 is 2.20 bits per heavy atom. The van der Waals surface area contributed by atoms with Crippen LogP contribution in [-0.2, 0) is 11.5 Å². The molecule has 1 N–H and O–H groups in total. The van der Waals surface area contributed by atoms with Crippen LogP contribution >= 0.6 is 23.4 Å². The number of hydrogen-bond donors (Lipinski definition) is 1. The number of nitrogens with one attached hydrogen (secondary N) is 1. The monoisotopic (exact) mass is 308 g/mol. The Kier molecular flexibility index (Phi) is 2.68. The molecular formula is C13H9ClN2O3S. The van der Waals surface area contributed by atoms with Crippen LogP contribution in [0.2, 0.25) is 5.02 Å². The van der Waals surface area contributed by atoms with Crippen molar-refractivity contribution >= 4 is 23.4 Å². The minimum Gasteiger partial charge on any atom is -0.454 e. The van der Waals surface area contributed by atoms with Crippen LogP contribution in [0, 0.1) is 0 Å². The van der Waals surface area contributed by atoms with Gasteiger partial charge in [-0.1, -0.05) is 11.6 Å². The summed E-state index contributed by atoms with van der Waals surface area (Å²) in [6.45, 7) is 0.156. The molecule has 5 nitrogen and oxygen atoms in total. The van der Waals surface area contributed by atoms with Crippen LogP contribution < -0.4 is 15.0 Å². The van der Waals surface area contributed by atoms with Gasteiger partial charge in [0.2, 0.25) is 6.79 Å². The van der Waals surface area contributed by atoms with E-state index in [1.807, 2.05) is 0 Å². The summed E-state index contributed by atoms with van der Waals surface area (Å²) in [5, 5.41) is 0.451. The third-order valence-electron chi connectivity index (χ3n) is 3.29. The molecule has 0 bridgehead atoms. The molecule has 0 aliphatic carbocycles. The highest BCUT2D eigenvalue weighted by atomic mass is 35.5. The molecule has 2 aliphatic heterocycles. The molecule has 1 aromatic carbocycles. The predicted octanol–water partition coefficient (Wildman–Crippen LogP) is 2.57. The summed E-state index contributed by atoms with van der Waals surface area (Å²) in [6.07, 6.45) is 0. The van der Waals surface area contributed by atoms with Crippen molar-refractivity contribution in [2.24, 2.45) is 0 Å². The van der Waals surface area contributed by atoms with Crippen molar-refractivity contribution in [2.45, 2.75) is 11.5 Å². The van der Waals surface area contributed by atoms with Crippen LogP contribution in [-0.4, -0.2) is 16.8 Å². The van der Waals surface area contributed by atoms with Gasteiger partial charge in [-0.15, -0.1) is 0 Å². The lowest BCUT2D eigenvalue weighted by molar-refractivity contribution is 0.174. The number of aromatic amines is 1. The number of hydrogen-bond acceptors (Lipinski definition) is 5. The second kappa shape index (κ2) is 4.43. The maximum atomic E-state index is 12.0. The summed E-state index contributed by atoms with van der Waals surface area (Å²) in [6, 6.07) is 3.50. The fraction of sp³-hybridized carbons (Fsp3) is 0.231. The fourth-order valence-electron chi connectivity index (χ4n) is 2.30. The summed E-state index contributed by atoms with van der Waals surface area (Å²) < 4.78 is 10.6. The highest BCUT2D eigenvalue weighted by Gasteiger charge is 2.22. The molecule has 4 rings (SSSR count). The van der Waals surface area contributed by atoms with Gasteiger partial charge in [0, 0.05) is 22.6 Å². The summed E-state index contributed by atoms with van der Waals surface area (Å²) in [4.78, 5) is 19.4. The van der Waals surface area contributed by atoms with Crippen molar-refractivity contribution in [2.75, 3.05) is 6.79 Å². The third-order valence-corrected chi connectivity index (χ3v) is 4.54. The number of benzene rings is 1. The maximum absolute atomic E-state index is 12.0. The average molecular weight is 309 g/mol. The van der Waals surface area contributed by atoms with Crippen molar-refractivity contribution < 1.29 is 9.47 Å². The molecule has 0 unspecified atom stereocenters. The first-order valence-electron chi connectivity index (χ1n) is 6.02. The smallest absolute Gasteiger partial charge is 0.255 e. The summed E-state index contributed by atoms with van der Waals surface area (Å²) in [5.41, 5.74) is 2.26. The number of rotatable bonds is 1. The Morgan fingerprint density at radius 1 is 1.30 bits per heavy atom. The molecule has 102 valence electrons. The molecule has 0 radical (unpaired) electrons. The van der Waals surface area contributed by atoms with Gasteiger partial charge in [0.1, 0.15) is 5.82 Å². The number of H-pyrrole nitrogens is 1. The fourth-order valence-corrected chi connectivity index (χ4v) is 3.60. The normalized spacial score (nSPS) is 15.4. The van der Waals surface area contributed by atoms with Crippen LogP contribution in [0.3, 0.4) is 0 Å². The first kappa shape index (κ1) is 12.1. The maximum Gasteiger partial charge on any atom is 0.255 e. The van der Waals surface area contributed by atoms with E-state index in [4.69, 9.17) is 21.1 Å². The summed E-state index contributed by atoms with van der Waals surface area (Å²) in [7, 11) is 0. The lowest BCUT2D eigenvalue weighted by Crippen LogP contribution is -2.15. The van der Waals surface area contributed by atoms with E-state index >= 15 is 0 Å². The van der Waals surface area contributed by atoms with Gasteiger partial charge in [-0.3, -0.25) is 4.79 Å². The van der Waals surface area contributed by atoms with Gasteiger partial charge in [-0.05, 0) is 12.1 Å². The van der Waals surface area contributed by atoms with Gasteiger partial charge in [0.25, 0.3) is 5.56 Å². The lowest BCUT2D eigenvalue weighted by atomic mass is 10.1. The van der Waals surface area contributed by atoms with E-state index in [9.17, 15) is 4.79 Å². The molecule has 3 heterocycles. The van der Waals surface area contributed by atoms with Crippen molar-refractivity contribution in [3.05, 3.63) is 38.8 Å². The van der Waals surface area contributed by atoms with Crippen LogP contribution in [0.25, 0.3) is 11.4 Å². The number of aromatic nitrogens is 2. The number of halogens is 1. The molecule has 0 fully saturated rings. The first-order valence-corrected chi connectivity index (χ1v) is 7.55. The molecule has 2 aromatic rings. The molecule has 1 aromatic heterocycles. The van der Waals surface area contributed by atoms with Crippen molar-refractivity contribution in [1.82, 2.24) is 9.97 Å². The summed E-state index contributed by atoms with van der Waals surface area (Å²) in [5.74, 6) is 3.11.